The van der Waals surface area contributed by atoms with Crippen molar-refractivity contribution in [2.75, 3.05) is 26.1 Å². The normalized spacial score (nSPS) is 18.9. The van der Waals surface area contributed by atoms with Gasteiger partial charge in [0.15, 0.2) is 5.96 Å². The van der Waals surface area contributed by atoms with E-state index in [-0.39, 0.29) is 29.5 Å². The highest BCUT2D eigenvalue weighted by molar-refractivity contribution is 6.03. The lowest BCUT2D eigenvalue weighted by molar-refractivity contribution is -0.128. The fourth-order valence-electron chi connectivity index (χ4n) is 3.08. The van der Waals surface area contributed by atoms with E-state index in [2.05, 4.69) is 20.3 Å². The summed E-state index contributed by atoms with van der Waals surface area (Å²) in [5.74, 6) is -1.34. The lowest BCUT2D eigenvalue weighted by Crippen LogP contribution is -2.47. The molecule has 2 aromatic rings. The summed E-state index contributed by atoms with van der Waals surface area (Å²) in [6.07, 6.45) is 6.24. The van der Waals surface area contributed by atoms with Crippen molar-refractivity contribution < 1.29 is 18.7 Å². The maximum absolute atomic E-state index is 14.6. The third-order valence-electron chi connectivity index (χ3n) is 4.83. The molecular weight excluding hydrogens is 403 g/mol. The summed E-state index contributed by atoms with van der Waals surface area (Å²) in [5, 5.41) is 2.66. The number of nitrogens with zero attached hydrogens (tertiary/aromatic N) is 4. The van der Waals surface area contributed by atoms with Gasteiger partial charge in [0.25, 0.3) is 5.91 Å². The molecule has 162 valence electrons. The van der Waals surface area contributed by atoms with Gasteiger partial charge in [-0.25, -0.2) is 14.4 Å². The van der Waals surface area contributed by atoms with E-state index in [0.717, 1.165) is 0 Å². The zero-order valence-corrected chi connectivity index (χ0v) is 17.4. The van der Waals surface area contributed by atoms with E-state index >= 15 is 0 Å². The van der Waals surface area contributed by atoms with E-state index in [9.17, 15) is 14.0 Å². The van der Waals surface area contributed by atoms with Crippen LogP contribution in [0.3, 0.4) is 0 Å². The van der Waals surface area contributed by atoms with Crippen LogP contribution in [0.25, 0.3) is 6.08 Å². The van der Waals surface area contributed by atoms with Crippen molar-refractivity contribution in [3.8, 4) is 0 Å². The number of nitrogens with one attached hydrogen (secondary N) is 1. The summed E-state index contributed by atoms with van der Waals surface area (Å²) in [6, 6.07) is 4.07. The molecule has 0 fully saturated rings. The highest BCUT2D eigenvalue weighted by atomic mass is 19.1. The Kier molecular flexibility index (Phi) is 6.40. The van der Waals surface area contributed by atoms with Gasteiger partial charge in [-0.2, -0.15) is 0 Å². The Morgan fingerprint density at radius 1 is 1.39 bits per heavy atom. The van der Waals surface area contributed by atoms with Crippen molar-refractivity contribution in [3.63, 3.8) is 0 Å². The molecule has 0 saturated heterocycles. The highest BCUT2D eigenvalue weighted by Crippen LogP contribution is 2.35. The highest BCUT2D eigenvalue weighted by Gasteiger charge is 2.38. The third-order valence-corrected chi connectivity index (χ3v) is 4.83. The molecule has 1 aliphatic rings. The summed E-state index contributed by atoms with van der Waals surface area (Å²) < 4.78 is 19.5. The summed E-state index contributed by atoms with van der Waals surface area (Å²) in [7, 11) is 3.09. The summed E-state index contributed by atoms with van der Waals surface area (Å²) in [5.41, 5.74) is 5.78. The first kappa shape index (κ1) is 22.0. The number of methoxy groups -OCH3 is 1. The average molecular weight is 426 g/mol. The molecular formula is C21H23FN6O3. The van der Waals surface area contributed by atoms with Crippen molar-refractivity contribution >= 4 is 29.5 Å². The molecule has 0 aliphatic carbocycles. The number of aromatic nitrogens is 2. The Hall–Kier alpha value is -3.66. The van der Waals surface area contributed by atoms with Crippen LogP contribution in [0.5, 0.6) is 0 Å². The largest absolute Gasteiger partial charge is 0.381 e. The smallest absolute Gasteiger partial charge is 0.275 e. The first-order valence-corrected chi connectivity index (χ1v) is 9.44. The van der Waals surface area contributed by atoms with E-state index in [1.165, 1.54) is 42.5 Å². The maximum atomic E-state index is 14.6. The van der Waals surface area contributed by atoms with Crippen molar-refractivity contribution in [2.45, 2.75) is 18.9 Å². The van der Waals surface area contributed by atoms with Crippen LogP contribution in [0.15, 0.2) is 41.7 Å². The zero-order valence-electron chi connectivity index (χ0n) is 17.4. The molecule has 2 amide bonds. The van der Waals surface area contributed by atoms with E-state index in [0.29, 0.717) is 18.0 Å². The summed E-state index contributed by atoms with van der Waals surface area (Å²) in [4.78, 5) is 38.5. The molecule has 3 N–H and O–H groups in total. The Labute approximate surface area is 178 Å². The lowest BCUT2D eigenvalue weighted by atomic mass is 9.87. The van der Waals surface area contributed by atoms with E-state index < -0.39 is 17.3 Å². The summed E-state index contributed by atoms with van der Waals surface area (Å²) >= 11 is 0. The number of aliphatic imine (C=N–C) groups is 1. The van der Waals surface area contributed by atoms with Gasteiger partial charge in [-0.05, 0) is 31.2 Å². The molecule has 10 heteroatoms. The number of halogens is 1. The van der Waals surface area contributed by atoms with Gasteiger partial charge in [-0.3, -0.25) is 19.5 Å². The number of guanidine groups is 1. The van der Waals surface area contributed by atoms with Gasteiger partial charge in [0.2, 0.25) is 5.91 Å². The Balaban J connectivity index is 1.81. The number of hydrogen-bond acceptors (Lipinski definition) is 7. The van der Waals surface area contributed by atoms with Gasteiger partial charge in [-0.1, -0.05) is 6.08 Å². The fourth-order valence-corrected chi connectivity index (χ4v) is 3.08. The molecule has 1 aromatic carbocycles. The second-order valence-electron chi connectivity index (χ2n) is 7.21. The lowest BCUT2D eigenvalue weighted by Gasteiger charge is -2.34. The van der Waals surface area contributed by atoms with Crippen LogP contribution in [0.4, 0.5) is 10.1 Å². The Morgan fingerprint density at radius 2 is 2.16 bits per heavy atom. The topological polar surface area (TPSA) is 123 Å². The van der Waals surface area contributed by atoms with Crippen LogP contribution in [0, 0.1) is 5.82 Å². The Morgan fingerprint density at radius 3 is 2.81 bits per heavy atom. The number of rotatable bonds is 6. The van der Waals surface area contributed by atoms with Crippen LogP contribution in [0.1, 0.15) is 35.1 Å². The number of carbonyl (C=O) groups excluding carboxylic acids is 2. The van der Waals surface area contributed by atoms with Crippen LogP contribution in [-0.4, -0.2) is 53.4 Å². The first-order valence-electron chi connectivity index (χ1n) is 9.44. The maximum Gasteiger partial charge on any atom is 0.275 e. The number of nitrogens with two attached hydrogens (primary N) is 1. The third kappa shape index (κ3) is 4.92. The molecule has 2 heterocycles. The minimum atomic E-state index is -1.19. The van der Waals surface area contributed by atoms with Crippen molar-refractivity contribution in [3.05, 3.63) is 59.4 Å². The minimum Gasteiger partial charge on any atom is -0.381 e. The number of carbonyl (C=O) groups is 2. The molecule has 1 atom stereocenters. The monoisotopic (exact) mass is 426 g/mol. The van der Waals surface area contributed by atoms with Gasteiger partial charge in [0.1, 0.15) is 11.5 Å². The van der Waals surface area contributed by atoms with Crippen LogP contribution < -0.4 is 11.1 Å². The number of anilines is 1. The molecule has 1 unspecified atom stereocenters. The standard InChI is InChI=1S/C21H23FN6O3/c1-21(10-18(29)28(2)20(23)27-21)15-9-13(6-7-16(15)22)26-19(30)17-12-24-14(11-25-17)5-4-8-31-3/h4-7,9,11-12H,8,10H2,1-3H3,(H2,23,27)(H,26,30)/b5-4-. The molecule has 3 rings (SSSR count). The van der Waals surface area contributed by atoms with Crippen molar-refractivity contribution in [1.82, 2.24) is 14.9 Å². The molecule has 0 spiro atoms. The molecule has 31 heavy (non-hydrogen) atoms. The van der Waals surface area contributed by atoms with Gasteiger partial charge >= 0.3 is 0 Å². The van der Waals surface area contributed by atoms with Gasteiger partial charge in [0, 0.05) is 25.4 Å². The van der Waals surface area contributed by atoms with Crippen molar-refractivity contribution in [2.24, 2.45) is 10.7 Å². The van der Waals surface area contributed by atoms with E-state index in [4.69, 9.17) is 10.5 Å². The van der Waals surface area contributed by atoms with Gasteiger partial charge in [0.05, 0.1) is 36.7 Å². The number of ether oxygens (including phenoxy) is 1. The van der Waals surface area contributed by atoms with Crippen LogP contribution >= 0.6 is 0 Å². The number of amides is 2. The SMILES string of the molecule is COC/C=C\c1cnc(C(=O)Nc2ccc(F)c(C3(C)CC(=O)N(C)C(N)=N3)c2)cn1. The van der Waals surface area contributed by atoms with Crippen LogP contribution in [0.2, 0.25) is 0 Å². The minimum absolute atomic E-state index is 0.00232. The molecule has 0 saturated carbocycles. The number of hydrogen-bond donors (Lipinski definition) is 2. The van der Waals surface area contributed by atoms with Crippen LogP contribution in [-0.2, 0) is 15.1 Å². The quantitative estimate of drug-likeness (QED) is 0.728. The molecule has 1 aliphatic heterocycles. The molecule has 1 aromatic heterocycles. The zero-order chi connectivity index (χ0) is 22.6. The summed E-state index contributed by atoms with van der Waals surface area (Å²) in [6.45, 7) is 2.06. The van der Waals surface area contributed by atoms with E-state index in [1.807, 2.05) is 0 Å². The fraction of sp³-hybridized carbons (Fsp3) is 0.286. The second-order valence-corrected chi connectivity index (χ2v) is 7.21. The molecule has 0 radical (unpaired) electrons. The first-order chi connectivity index (χ1) is 14.7. The van der Waals surface area contributed by atoms with Gasteiger partial charge < -0.3 is 15.8 Å². The Bertz CT molecular complexity index is 1050. The van der Waals surface area contributed by atoms with Gasteiger partial charge in [-0.15, -0.1) is 0 Å². The predicted octanol–water partition coefficient (Wildman–Crippen LogP) is 1.92. The molecule has 9 nitrogen and oxygen atoms in total. The number of benzene rings is 1. The van der Waals surface area contributed by atoms with Crippen molar-refractivity contribution in [1.29, 1.82) is 0 Å². The average Bonchev–Trinajstić information content (AvgIpc) is 2.74. The van der Waals surface area contributed by atoms with E-state index in [1.54, 1.807) is 26.2 Å². The predicted molar refractivity (Wildman–Crippen MR) is 114 cm³/mol. The molecule has 0 bridgehead atoms. The second kappa shape index (κ2) is 9.00.